The average molecular weight is 339 g/mol. The van der Waals surface area contributed by atoms with Crippen molar-refractivity contribution in [2.24, 2.45) is 11.7 Å². The molecule has 132 valence electrons. The molecule has 1 amide bonds. The van der Waals surface area contributed by atoms with Crippen LogP contribution in [0.15, 0.2) is 24.3 Å². The molecule has 4 rings (SSSR count). The summed E-state index contributed by atoms with van der Waals surface area (Å²) in [5.41, 5.74) is 8.13. The largest absolute Gasteiger partial charge is 0.342 e. The van der Waals surface area contributed by atoms with Gasteiger partial charge in [-0.3, -0.25) is 4.79 Å². The number of hydrogen-bond donors (Lipinski definition) is 1. The minimum atomic E-state index is -0.00566. The molecule has 2 heterocycles. The van der Waals surface area contributed by atoms with E-state index in [0.717, 1.165) is 42.9 Å². The van der Waals surface area contributed by atoms with Gasteiger partial charge in [0.2, 0.25) is 5.91 Å². The number of aromatic nitrogens is 3. The molecule has 1 saturated carbocycles. The fraction of sp³-hybridized carbons (Fsp3) is 0.526. The topological polar surface area (TPSA) is 77.0 Å². The van der Waals surface area contributed by atoms with E-state index < -0.39 is 0 Å². The van der Waals surface area contributed by atoms with Crippen molar-refractivity contribution in [1.29, 1.82) is 0 Å². The van der Waals surface area contributed by atoms with Gasteiger partial charge >= 0.3 is 0 Å². The number of aryl methyl sites for hydroxylation is 2. The number of benzene rings is 1. The van der Waals surface area contributed by atoms with Gasteiger partial charge in [-0.1, -0.05) is 23.8 Å². The molecule has 1 atom stereocenters. The van der Waals surface area contributed by atoms with Crippen molar-refractivity contribution in [2.45, 2.75) is 51.2 Å². The van der Waals surface area contributed by atoms with Gasteiger partial charge in [-0.05, 0) is 32.3 Å². The van der Waals surface area contributed by atoms with Gasteiger partial charge in [0.1, 0.15) is 5.82 Å². The van der Waals surface area contributed by atoms with Crippen LogP contribution in [0.5, 0.6) is 0 Å². The summed E-state index contributed by atoms with van der Waals surface area (Å²) in [5, 5.41) is 8.74. The van der Waals surface area contributed by atoms with Gasteiger partial charge in [-0.15, -0.1) is 10.2 Å². The van der Waals surface area contributed by atoms with Crippen molar-refractivity contribution in [3.05, 3.63) is 35.7 Å². The van der Waals surface area contributed by atoms with Crippen LogP contribution >= 0.6 is 0 Å². The van der Waals surface area contributed by atoms with Gasteiger partial charge in [0.15, 0.2) is 5.82 Å². The highest BCUT2D eigenvalue weighted by molar-refractivity contribution is 5.79. The Morgan fingerprint density at radius 2 is 2.12 bits per heavy atom. The van der Waals surface area contributed by atoms with E-state index in [2.05, 4.69) is 39.9 Å². The zero-order chi connectivity index (χ0) is 17.6. The number of nitrogens with zero attached hydrogens (tertiary/aromatic N) is 4. The number of amides is 1. The Labute approximate surface area is 148 Å². The summed E-state index contributed by atoms with van der Waals surface area (Å²) in [6.45, 7) is 2.73. The van der Waals surface area contributed by atoms with Crippen molar-refractivity contribution < 1.29 is 4.79 Å². The van der Waals surface area contributed by atoms with Crippen molar-refractivity contribution in [3.8, 4) is 11.4 Å². The Morgan fingerprint density at radius 3 is 2.84 bits per heavy atom. The monoisotopic (exact) mass is 339 g/mol. The number of fused-ring (bicyclic) bond motifs is 1. The summed E-state index contributed by atoms with van der Waals surface area (Å²) < 4.78 is 2.13. The maximum Gasteiger partial charge on any atom is 0.227 e. The lowest BCUT2D eigenvalue weighted by Gasteiger charge is -2.41. The summed E-state index contributed by atoms with van der Waals surface area (Å²) >= 11 is 0. The van der Waals surface area contributed by atoms with Crippen LogP contribution in [-0.2, 0) is 17.8 Å². The van der Waals surface area contributed by atoms with E-state index in [1.807, 2.05) is 18.0 Å². The second-order valence-electron chi connectivity index (χ2n) is 7.49. The molecule has 25 heavy (non-hydrogen) atoms. The molecule has 0 saturated heterocycles. The Kier molecular flexibility index (Phi) is 4.07. The molecule has 6 nitrogen and oxygen atoms in total. The summed E-state index contributed by atoms with van der Waals surface area (Å²) in [4.78, 5) is 14.8. The third-order valence-electron chi connectivity index (χ3n) is 5.62. The molecule has 2 aliphatic rings. The first-order valence-electron chi connectivity index (χ1n) is 9.04. The molecule has 0 radical (unpaired) electrons. The number of nitrogens with two attached hydrogens (primary N) is 1. The molecule has 2 aromatic rings. The fourth-order valence-electron chi connectivity index (χ4n) is 3.94. The van der Waals surface area contributed by atoms with E-state index in [4.69, 9.17) is 5.73 Å². The highest BCUT2D eigenvalue weighted by Crippen LogP contribution is 2.29. The lowest BCUT2D eigenvalue weighted by molar-refractivity contribution is -0.139. The lowest BCUT2D eigenvalue weighted by atomic mass is 9.85. The van der Waals surface area contributed by atoms with Gasteiger partial charge in [0, 0.05) is 37.7 Å². The summed E-state index contributed by atoms with van der Waals surface area (Å²) in [6, 6.07) is 8.83. The SMILES string of the molecule is Cc1cccc(-c2nnc3n2CC(C(=O)N(C)C2CC(N)C2)CC3)c1. The van der Waals surface area contributed by atoms with E-state index in [0.29, 0.717) is 12.6 Å². The van der Waals surface area contributed by atoms with Gasteiger partial charge in [0.05, 0.1) is 5.92 Å². The van der Waals surface area contributed by atoms with Crippen LogP contribution in [0.1, 0.15) is 30.7 Å². The second-order valence-corrected chi connectivity index (χ2v) is 7.49. The minimum absolute atomic E-state index is 0.00566. The van der Waals surface area contributed by atoms with Gasteiger partial charge in [-0.2, -0.15) is 0 Å². The standard InChI is InChI=1S/C19H25N5O/c1-12-4-3-5-13(8-12)18-22-21-17-7-6-14(11-24(17)18)19(25)23(2)16-9-15(20)10-16/h3-5,8,14-16H,6-7,9-11,20H2,1-2H3. The van der Waals surface area contributed by atoms with E-state index >= 15 is 0 Å². The van der Waals surface area contributed by atoms with Gasteiger partial charge in [-0.25, -0.2) is 0 Å². The van der Waals surface area contributed by atoms with E-state index in [9.17, 15) is 4.79 Å². The highest BCUT2D eigenvalue weighted by Gasteiger charge is 2.36. The molecule has 1 aliphatic heterocycles. The zero-order valence-electron chi connectivity index (χ0n) is 14.9. The molecule has 1 unspecified atom stereocenters. The van der Waals surface area contributed by atoms with Gasteiger partial charge in [0.25, 0.3) is 0 Å². The molecule has 1 fully saturated rings. The molecular formula is C19H25N5O. The van der Waals surface area contributed by atoms with Crippen LogP contribution in [0.4, 0.5) is 0 Å². The summed E-state index contributed by atoms with van der Waals surface area (Å²) in [5.74, 6) is 2.07. The van der Waals surface area contributed by atoms with Crippen LogP contribution in [0, 0.1) is 12.8 Å². The maximum absolute atomic E-state index is 12.9. The Bertz CT molecular complexity index is 793. The number of carbonyl (C=O) groups is 1. The third kappa shape index (κ3) is 2.95. The molecule has 2 N–H and O–H groups in total. The molecular weight excluding hydrogens is 314 g/mol. The molecule has 1 aliphatic carbocycles. The molecule has 0 spiro atoms. The van der Waals surface area contributed by atoms with Crippen LogP contribution in [-0.4, -0.2) is 44.7 Å². The molecule has 1 aromatic carbocycles. The normalized spacial score (nSPS) is 25.2. The Balaban J connectivity index is 1.54. The predicted molar refractivity (Wildman–Crippen MR) is 95.8 cm³/mol. The van der Waals surface area contributed by atoms with Crippen LogP contribution in [0.2, 0.25) is 0 Å². The smallest absolute Gasteiger partial charge is 0.227 e. The van der Waals surface area contributed by atoms with Crippen LogP contribution < -0.4 is 5.73 Å². The van der Waals surface area contributed by atoms with E-state index in [1.54, 1.807) is 0 Å². The van der Waals surface area contributed by atoms with Crippen molar-refractivity contribution in [3.63, 3.8) is 0 Å². The zero-order valence-corrected chi connectivity index (χ0v) is 14.9. The first kappa shape index (κ1) is 16.3. The number of hydrogen-bond acceptors (Lipinski definition) is 4. The first-order chi connectivity index (χ1) is 12.0. The Morgan fingerprint density at radius 1 is 1.32 bits per heavy atom. The Hall–Kier alpha value is -2.21. The first-order valence-corrected chi connectivity index (χ1v) is 9.04. The van der Waals surface area contributed by atoms with Crippen LogP contribution in [0.25, 0.3) is 11.4 Å². The quantitative estimate of drug-likeness (QED) is 0.924. The minimum Gasteiger partial charge on any atom is -0.342 e. The predicted octanol–water partition coefficient (Wildman–Crippen LogP) is 1.76. The maximum atomic E-state index is 12.9. The number of rotatable bonds is 3. The van der Waals surface area contributed by atoms with Crippen molar-refractivity contribution in [2.75, 3.05) is 7.05 Å². The van der Waals surface area contributed by atoms with E-state index in [-0.39, 0.29) is 17.9 Å². The molecule has 6 heteroatoms. The molecule has 1 aromatic heterocycles. The van der Waals surface area contributed by atoms with Gasteiger partial charge < -0.3 is 15.2 Å². The highest BCUT2D eigenvalue weighted by atomic mass is 16.2. The van der Waals surface area contributed by atoms with Crippen molar-refractivity contribution >= 4 is 5.91 Å². The third-order valence-corrected chi connectivity index (χ3v) is 5.62. The van der Waals surface area contributed by atoms with Crippen molar-refractivity contribution in [1.82, 2.24) is 19.7 Å². The second kappa shape index (κ2) is 6.26. The van der Waals surface area contributed by atoms with E-state index in [1.165, 1.54) is 5.56 Å². The summed E-state index contributed by atoms with van der Waals surface area (Å²) in [7, 11) is 1.92. The fourth-order valence-corrected chi connectivity index (χ4v) is 3.94. The number of carbonyl (C=O) groups excluding carboxylic acids is 1. The average Bonchev–Trinajstić information content (AvgIpc) is 3.01. The lowest BCUT2D eigenvalue weighted by Crippen LogP contribution is -2.53. The molecule has 0 bridgehead atoms. The van der Waals surface area contributed by atoms with Crippen LogP contribution in [0.3, 0.4) is 0 Å². The summed E-state index contributed by atoms with van der Waals surface area (Å²) in [6.07, 6.45) is 3.48.